The summed E-state index contributed by atoms with van der Waals surface area (Å²) in [6.07, 6.45) is -10.1. The van der Waals surface area contributed by atoms with E-state index >= 15 is 0 Å². The molecular weight excluding hydrogens is 466 g/mol. The van der Waals surface area contributed by atoms with E-state index in [1.165, 1.54) is 0 Å². The summed E-state index contributed by atoms with van der Waals surface area (Å²) in [4.78, 5) is 27.0. The number of ether oxygens (including phenoxy) is 2. The largest absolute Gasteiger partial charge is 0.481 e. The molecule has 1 heterocycles. The minimum Gasteiger partial charge on any atom is -0.481 e. The van der Waals surface area contributed by atoms with Crippen molar-refractivity contribution in [3.8, 4) is 0 Å². The number of rotatable bonds is 3. The first-order valence-corrected chi connectivity index (χ1v) is 9.98. The maximum absolute atomic E-state index is 10.0. The maximum atomic E-state index is 10.0. The molecule has 0 amide bonds. The van der Waals surface area contributed by atoms with Crippen LogP contribution < -0.4 is 17.2 Å². The zero-order valence-electron chi connectivity index (χ0n) is 19.0. The van der Waals surface area contributed by atoms with Crippen LogP contribution in [-0.4, -0.2) is 126 Å². The Hall–Kier alpha value is -1.99. The third-order valence-corrected chi connectivity index (χ3v) is 4.28. The molecule has 0 aromatic rings. The zero-order chi connectivity index (χ0) is 27.3. The van der Waals surface area contributed by atoms with Gasteiger partial charge in [0.2, 0.25) is 0 Å². The van der Waals surface area contributed by atoms with Gasteiger partial charge in [0.1, 0.15) is 36.6 Å². The van der Waals surface area contributed by atoms with Crippen molar-refractivity contribution in [2.24, 2.45) is 17.2 Å². The topological polar surface area (TPSA) is 310 Å². The van der Waals surface area contributed by atoms with E-state index in [0.29, 0.717) is 0 Å². The lowest BCUT2D eigenvalue weighted by Crippen LogP contribution is -2.65. The second kappa shape index (κ2) is 16.6. The van der Waals surface area contributed by atoms with Crippen LogP contribution in [0.2, 0.25) is 0 Å². The lowest BCUT2D eigenvalue weighted by atomic mass is 9.84. The quantitative estimate of drug-likeness (QED) is 0.172. The Kier molecular flexibility index (Phi) is 16.7. The average Bonchev–Trinajstić information content (AvgIpc) is 2.68. The molecule has 0 bridgehead atoms. The number of carboxylic acid groups (broad SMARTS) is 3. The van der Waals surface area contributed by atoms with E-state index in [4.69, 9.17) is 56.4 Å². The van der Waals surface area contributed by atoms with E-state index in [2.05, 4.69) is 0 Å². The van der Waals surface area contributed by atoms with Crippen molar-refractivity contribution in [2.75, 3.05) is 6.54 Å². The van der Waals surface area contributed by atoms with Crippen molar-refractivity contribution in [3.63, 3.8) is 0 Å². The molecule has 0 spiro atoms. The van der Waals surface area contributed by atoms with Gasteiger partial charge in [-0.2, -0.15) is 0 Å². The van der Waals surface area contributed by atoms with Crippen molar-refractivity contribution >= 4 is 17.9 Å². The minimum atomic E-state index is -1.55. The van der Waals surface area contributed by atoms with Gasteiger partial charge in [-0.1, -0.05) is 0 Å². The number of carboxylic acids is 3. The van der Waals surface area contributed by atoms with Crippen molar-refractivity contribution in [3.05, 3.63) is 0 Å². The molecule has 1 saturated heterocycles. The fraction of sp³-hybridized carbons (Fsp3) is 0.833. The first kappa shape index (κ1) is 34.2. The first-order valence-electron chi connectivity index (χ1n) is 9.98. The van der Waals surface area contributed by atoms with Crippen molar-refractivity contribution in [2.45, 2.75) is 88.3 Å². The first-order chi connectivity index (χ1) is 15.5. The number of hydrogen-bond donors (Lipinski definition) is 11. The third-order valence-electron chi connectivity index (χ3n) is 4.28. The molecule has 1 aliphatic heterocycles. The molecule has 14 N–H and O–H groups in total. The van der Waals surface area contributed by atoms with E-state index in [0.717, 1.165) is 20.8 Å². The molecule has 16 heteroatoms. The summed E-state index contributed by atoms with van der Waals surface area (Å²) in [5.41, 5.74) is 16.9. The highest BCUT2D eigenvalue weighted by atomic mass is 16.7. The molecule has 202 valence electrons. The normalized spacial score (nSPS) is 36.8. The van der Waals surface area contributed by atoms with Crippen molar-refractivity contribution < 1.29 is 64.7 Å². The lowest BCUT2D eigenvalue weighted by molar-refractivity contribution is -0.318. The van der Waals surface area contributed by atoms with Crippen LogP contribution in [0.15, 0.2) is 0 Å². The van der Waals surface area contributed by atoms with Crippen LogP contribution in [0.4, 0.5) is 0 Å². The van der Waals surface area contributed by atoms with Gasteiger partial charge in [-0.3, -0.25) is 14.4 Å². The van der Waals surface area contributed by atoms with Gasteiger partial charge < -0.3 is 67.5 Å². The predicted octanol–water partition coefficient (Wildman–Crippen LogP) is -4.81. The summed E-state index contributed by atoms with van der Waals surface area (Å²) in [5.74, 6) is -2.50. The standard InChI is InChI=1S/C12H25N3O7.3C2H4O2/c13-2-5-7(17)8(18)10(20)12(21-5)22-11-4(15)1-3(14)6(16)9(11)19;3*1-2(3)4/h3-12,16-20H,1-2,13-15H2;3*1H3,(H,3,4)/t3-,4+,5-,6+,7-,8+,9-,10+,11-,12-;;;/m1.../s1. The van der Waals surface area contributed by atoms with Gasteiger partial charge in [-0.15, -0.1) is 0 Å². The summed E-state index contributed by atoms with van der Waals surface area (Å²) in [5, 5.41) is 71.5. The zero-order valence-corrected chi connectivity index (χ0v) is 19.0. The minimum absolute atomic E-state index is 0.0996. The summed E-state index contributed by atoms with van der Waals surface area (Å²) >= 11 is 0. The van der Waals surface area contributed by atoms with E-state index in [-0.39, 0.29) is 13.0 Å². The van der Waals surface area contributed by atoms with Gasteiger partial charge >= 0.3 is 0 Å². The Morgan fingerprint density at radius 2 is 1.18 bits per heavy atom. The van der Waals surface area contributed by atoms with E-state index < -0.39 is 79.0 Å². The summed E-state index contributed by atoms with van der Waals surface area (Å²) < 4.78 is 10.8. The molecule has 16 nitrogen and oxygen atoms in total. The summed E-state index contributed by atoms with van der Waals surface area (Å²) in [6.45, 7) is 3.15. The predicted molar refractivity (Wildman–Crippen MR) is 113 cm³/mol. The summed E-state index contributed by atoms with van der Waals surface area (Å²) in [6, 6.07) is -1.38. The highest BCUT2D eigenvalue weighted by Gasteiger charge is 2.48. The molecule has 0 unspecified atom stereocenters. The highest BCUT2D eigenvalue weighted by Crippen LogP contribution is 2.27. The molecule has 2 aliphatic rings. The van der Waals surface area contributed by atoms with Crippen LogP contribution in [0.5, 0.6) is 0 Å². The highest BCUT2D eigenvalue weighted by molar-refractivity contribution is 5.63. The van der Waals surface area contributed by atoms with Gasteiger partial charge in [0.25, 0.3) is 17.9 Å². The fourth-order valence-electron chi connectivity index (χ4n) is 2.85. The Bertz CT molecular complexity index is 583. The number of aliphatic carboxylic acids is 3. The summed E-state index contributed by atoms with van der Waals surface area (Å²) in [7, 11) is 0. The van der Waals surface area contributed by atoms with E-state index in [1.807, 2.05) is 0 Å². The third kappa shape index (κ3) is 13.0. The number of nitrogens with two attached hydrogens (primary N) is 3. The van der Waals surface area contributed by atoms with Crippen LogP contribution >= 0.6 is 0 Å². The number of aliphatic hydroxyl groups excluding tert-OH is 5. The average molecular weight is 504 g/mol. The van der Waals surface area contributed by atoms with E-state index in [9.17, 15) is 25.5 Å². The van der Waals surface area contributed by atoms with Gasteiger partial charge in [-0.25, -0.2) is 0 Å². The number of aliphatic hydroxyl groups is 5. The molecule has 1 saturated carbocycles. The maximum Gasteiger partial charge on any atom is 0.300 e. The van der Waals surface area contributed by atoms with Crippen LogP contribution in [0.25, 0.3) is 0 Å². The molecule has 34 heavy (non-hydrogen) atoms. The molecule has 0 aromatic heterocycles. The van der Waals surface area contributed by atoms with Gasteiger partial charge in [0.15, 0.2) is 6.29 Å². The lowest BCUT2D eigenvalue weighted by Gasteiger charge is -2.45. The van der Waals surface area contributed by atoms with Crippen LogP contribution in [-0.2, 0) is 23.9 Å². The molecule has 1 aliphatic carbocycles. The molecule has 0 radical (unpaired) electrons. The smallest absolute Gasteiger partial charge is 0.300 e. The second-order valence-corrected chi connectivity index (χ2v) is 7.45. The molecule has 0 aromatic carbocycles. The fourth-order valence-corrected chi connectivity index (χ4v) is 2.85. The van der Waals surface area contributed by atoms with Gasteiger partial charge in [0, 0.05) is 39.4 Å². The van der Waals surface area contributed by atoms with Crippen LogP contribution in [0.1, 0.15) is 27.2 Å². The van der Waals surface area contributed by atoms with Crippen molar-refractivity contribution in [1.82, 2.24) is 0 Å². The monoisotopic (exact) mass is 503 g/mol. The Morgan fingerprint density at radius 3 is 1.56 bits per heavy atom. The Balaban J connectivity index is 0. The number of hydrogen-bond acceptors (Lipinski definition) is 13. The molecule has 2 fully saturated rings. The molecule has 2 rings (SSSR count). The number of carbonyl (C=O) groups is 3. The second-order valence-electron chi connectivity index (χ2n) is 7.45. The Morgan fingerprint density at radius 1 is 0.765 bits per heavy atom. The Labute approximate surface area is 195 Å². The van der Waals surface area contributed by atoms with Crippen molar-refractivity contribution in [1.29, 1.82) is 0 Å². The molecule has 10 atom stereocenters. The molecular formula is C18H37N3O13. The van der Waals surface area contributed by atoms with Crippen LogP contribution in [0, 0.1) is 0 Å². The SMILES string of the molecule is CC(=O)O.CC(=O)O.CC(=O)O.NC[C@H]1O[C@H](O[C@H]2[C@H](O)[C@@H](O)[C@H](N)C[C@@H]2N)[C@@H](O)[C@@H](O)[C@@H]1O. The van der Waals surface area contributed by atoms with Crippen LogP contribution in [0.3, 0.4) is 0 Å². The van der Waals surface area contributed by atoms with E-state index in [1.54, 1.807) is 0 Å². The van der Waals surface area contributed by atoms with Gasteiger partial charge in [0.05, 0.1) is 6.10 Å². The van der Waals surface area contributed by atoms with Gasteiger partial charge in [-0.05, 0) is 6.42 Å².